The zero-order valence-corrected chi connectivity index (χ0v) is 15.8. The fourth-order valence-electron chi connectivity index (χ4n) is 3.45. The number of nitrogens with one attached hydrogen (secondary N) is 1. The highest BCUT2D eigenvalue weighted by Gasteiger charge is 2.31. The number of rotatable bonds is 5. The van der Waals surface area contributed by atoms with Crippen LogP contribution in [0.1, 0.15) is 7.85 Å². The van der Waals surface area contributed by atoms with Crippen molar-refractivity contribution < 1.29 is 20.4 Å². The fourth-order valence-corrected chi connectivity index (χ4v) is 3.45. The van der Waals surface area contributed by atoms with Gasteiger partial charge in [-0.3, -0.25) is 4.79 Å². The standard InChI is InChI=1S/C22H22N2O4.H2/c1-26-15-8-9-17-19(10-15)24-18(14-6-4-3-5-7-14)12-21(17)28-16-11-20(23-13-16)22(25)27-2;/h3-10,12,16,20,23H,11,13H2,1-2H3;1H/t16-,20+;/m1./s1. The van der Waals surface area contributed by atoms with Crippen molar-refractivity contribution in [2.24, 2.45) is 0 Å². The van der Waals surface area contributed by atoms with Gasteiger partial charge in [0.2, 0.25) is 0 Å². The Bertz CT molecular complexity index is 997. The van der Waals surface area contributed by atoms with Crippen molar-refractivity contribution in [2.45, 2.75) is 18.6 Å². The number of nitrogens with zero attached hydrogens (tertiary/aromatic N) is 1. The third-order valence-electron chi connectivity index (χ3n) is 4.92. The second-order valence-electron chi connectivity index (χ2n) is 6.71. The summed E-state index contributed by atoms with van der Waals surface area (Å²) < 4.78 is 16.5. The largest absolute Gasteiger partial charge is 0.497 e. The maximum absolute atomic E-state index is 11.8. The molecule has 1 aliphatic rings. The molecule has 0 spiro atoms. The lowest BCUT2D eigenvalue weighted by atomic mass is 10.1. The van der Waals surface area contributed by atoms with Gasteiger partial charge in [0.1, 0.15) is 23.6 Å². The molecule has 146 valence electrons. The minimum atomic E-state index is -0.336. The average Bonchev–Trinajstić information content (AvgIpc) is 3.21. The van der Waals surface area contributed by atoms with Crippen LogP contribution >= 0.6 is 0 Å². The highest BCUT2D eigenvalue weighted by atomic mass is 16.5. The van der Waals surface area contributed by atoms with Gasteiger partial charge in [0, 0.05) is 37.5 Å². The van der Waals surface area contributed by atoms with E-state index in [1.54, 1.807) is 7.11 Å². The van der Waals surface area contributed by atoms with E-state index in [4.69, 9.17) is 19.2 Å². The number of esters is 1. The summed E-state index contributed by atoms with van der Waals surface area (Å²) in [6.07, 6.45) is 0.438. The molecule has 2 atom stereocenters. The number of pyridine rings is 1. The van der Waals surface area contributed by atoms with Crippen molar-refractivity contribution in [1.82, 2.24) is 10.3 Å². The number of ether oxygens (including phenoxy) is 3. The van der Waals surface area contributed by atoms with Gasteiger partial charge in [0.15, 0.2) is 0 Å². The van der Waals surface area contributed by atoms with E-state index < -0.39 is 0 Å². The lowest BCUT2D eigenvalue weighted by Crippen LogP contribution is -2.31. The van der Waals surface area contributed by atoms with Gasteiger partial charge < -0.3 is 19.5 Å². The van der Waals surface area contributed by atoms with E-state index in [0.717, 1.165) is 33.7 Å². The summed E-state index contributed by atoms with van der Waals surface area (Å²) in [5, 5.41) is 4.06. The van der Waals surface area contributed by atoms with E-state index in [1.165, 1.54) is 7.11 Å². The van der Waals surface area contributed by atoms with Gasteiger partial charge in [-0.05, 0) is 12.1 Å². The van der Waals surface area contributed by atoms with Crippen LogP contribution in [0.25, 0.3) is 22.2 Å². The Hall–Kier alpha value is -3.12. The van der Waals surface area contributed by atoms with E-state index in [9.17, 15) is 4.79 Å². The lowest BCUT2D eigenvalue weighted by molar-refractivity contribution is -0.142. The molecule has 4 rings (SSSR count). The fraction of sp³-hybridized carbons (Fsp3) is 0.273. The van der Waals surface area contributed by atoms with Crippen molar-refractivity contribution >= 4 is 16.9 Å². The summed E-state index contributed by atoms with van der Waals surface area (Å²) in [6.45, 7) is 0.584. The summed E-state index contributed by atoms with van der Waals surface area (Å²) >= 11 is 0. The maximum atomic E-state index is 11.8. The molecule has 0 aliphatic carbocycles. The number of carbonyl (C=O) groups is 1. The molecule has 0 unspecified atom stereocenters. The number of hydrogen-bond donors (Lipinski definition) is 1. The lowest BCUT2D eigenvalue weighted by Gasteiger charge is -2.16. The Morgan fingerprint density at radius 3 is 2.71 bits per heavy atom. The van der Waals surface area contributed by atoms with Crippen LogP contribution in [0, 0.1) is 0 Å². The van der Waals surface area contributed by atoms with E-state index in [0.29, 0.717) is 13.0 Å². The SMILES string of the molecule is COC(=O)[C@@H]1C[C@@H](Oc2cc(-c3ccccc3)nc3cc(OC)ccc23)CN1.[HH]. The first-order valence-electron chi connectivity index (χ1n) is 9.20. The van der Waals surface area contributed by atoms with Gasteiger partial charge in [-0.1, -0.05) is 30.3 Å². The summed E-state index contributed by atoms with van der Waals surface area (Å²) in [7, 11) is 3.03. The molecule has 0 bridgehead atoms. The number of carbonyl (C=O) groups excluding carboxylic acids is 1. The first-order valence-corrected chi connectivity index (χ1v) is 9.20. The van der Waals surface area contributed by atoms with Crippen molar-refractivity contribution in [3.05, 3.63) is 54.6 Å². The Morgan fingerprint density at radius 2 is 1.96 bits per heavy atom. The predicted molar refractivity (Wildman–Crippen MR) is 109 cm³/mol. The molecule has 1 aliphatic heterocycles. The number of hydrogen-bond acceptors (Lipinski definition) is 6. The molecule has 1 aromatic heterocycles. The molecular weight excluding hydrogens is 356 g/mol. The van der Waals surface area contributed by atoms with Gasteiger partial charge in [-0.15, -0.1) is 0 Å². The Labute approximate surface area is 164 Å². The second-order valence-corrected chi connectivity index (χ2v) is 6.71. The Balaban J connectivity index is 0.00000240. The second kappa shape index (κ2) is 7.86. The maximum Gasteiger partial charge on any atom is 0.323 e. The van der Waals surface area contributed by atoms with Gasteiger partial charge >= 0.3 is 5.97 Å². The summed E-state index contributed by atoms with van der Waals surface area (Å²) in [5.41, 5.74) is 2.63. The monoisotopic (exact) mass is 380 g/mol. The molecule has 3 aromatic rings. The highest BCUT2D eigenvalue weighted by molar-refractivity contribution is 5.89. The molecule has 0 amide bonds. The van der Waals surface area contributed by atoms with Crippen LogP contribution in [0.3, 0.4) is 0 Å². The minimum Gasteiger partial charge on any atom is -0.497 e. The van der Waals surface area contributed by atoms with Crippen LogP contribution < -0.4 is 14.8 Å². The normalized spacial score (nSPS) is 18.8. The van der Waals surface area contributed by atoms with Crippen LogP contribution in [0.5, 0.6) is 11.5 Å². The number of aromatic nitrogens is 1. The molecule has 1 N–H and O–H groups in total. The van der Waals surface area contributed by atoms with Crippen molar-refractivity contribution in [3.63, 3.8) is 0 Å². The third-order valence-corrected chi connectivity index (χ3v) is 4.92. The summed E-state index contributed by atoms with van der Waals surface area (Å²) in [4.78, 5) is 16.6. The Morgan fingerprint density at radius 1 is 1.14 bits per heavy atom. The molecular formula is C22H24N2O4. The molecule has 6 nitrogen and oxygen atoms in total. The zero-order valence-electron chi connectivity index (χ0n) is 15.8. The van der Waals surface area contributed by atoms with Crippen LogP contribution in [0.2, 0.25) is 0 Å². The van der Waals surface area contributed by atoms with E-state index >= 15 is 0 Å². The smallest absolute Gasteiger partial charge is 0.323 e. The molecule has 0 radical (unpaired) electrons. The molecule has 28 heavy (non-hydrogen) atoms. The molecule has 2 heterocycles. The van der Waals surface area contributed by atoms with Crippen molar-refractivity contribution in [3.8, 4) is 22.8 Å². The number of fused-ring (bicyclic) bond motifs is 1. The van der Waals surface area contributed by atoms with E-state index in [-0.39, 0.29) is 19.5 Å². The first kappa shape index (κ1) is 18.3. The van der Waals surface area contributed by atoms with Gasteiger partial charge in [0.25, 0.3) is 0 Å². The predicted octanol–water partition coefficient (Wildman–Crippen LogP) is 3.44. The highest BCUT2D eigenvalue weighted by Crippen LogP contribution is 2.33. The Kier molecular flexibility index (Phi) is 5.12. The minimum absolute atomic E-state index is 0. The average molecular weight is 380 g/mol. The van der Waals surface area contributed by atoms with Crippen LogP contribution in [-0.2, 0) is 9.53 Å². The van der Waals surface area contributed by atoms with Gasteiger partial charge in [0.05, 0.1) is 25.4 Å². The van der Waals surface area contributed by atoms with Crippen LogP contribution in [-0.4, -0.2) is 43.9 Å². The van der Waals surface area contributed by atoms with Gasteiger partial charge in [-0.2, -0.15) is 0 Å². The third kappa shape index (κ3) is 3.64. The first-order chi connectivity index (χ1) is 13.7. The van der Waals surface area contributed by atoms with Crippen LogP contribution in [0.4, 0.5) is 0 Å². The topological polar surface area (TPSA) is 69.7 Å². The van der Waals surface area contributed by atoms with Crippen LogP contribution in [0.15, 0.2) is 54.6 Å². The molecule has 1 saturated heterocycles. The van der Waals surface area contributed by atoms with Crippen molar-refractivity contribution in [1.29, 1.82) is 0 Å². The van der Waals surface area contributed by atoms with Gasteiger partial charge in [-0.25, -0.2) is 4.98 Å². The number of methoxy groups -OCH3 is 2. The molecule has 6 heteroatoms. The number of benzene rings is 2. The molecule has 1 fully saturated rings. The van der Waals surface area contributed by atoms with E-state index in [1.807, 2.05) is 54.6 Å². The molecule has 0 saturated carbocycles. The quantitative estimate of drug-likeness (QED) is 0.684. The summed E-state index contributed by atoms with van der Waals surface area (Å²) in [6, 6.07) is 17.3. The van der Waals surface area contributed by atoms with E-state index in [2.05, 4.69) is 5.32 Å². The van der Waals surface area contributed by atoms with Crippen molar-refractivity contribution in [2.75, 3.05) is 20.8 Å². The summed E-state index contributed by atoms with van der Waals surface area (Å²) in [5.74, 6) is 1.22. The zero-order chi connectivity index (χ0) is 19.5. The molecule has 2 aromatic carbocycles.